The van der Waals surface area contributed by atoms with E-state index in [2.05, 4.69) is 5.92 Å². The maximum absolute atomic E-state index is 10.4. The van der Waals surface area contributed by atoms with Gasteiger partial charge in [0.05, 0.1) is 6.54 Å². The minimum absolute atomic E-state index is 0.219. The van der Waals surface area contributed by atoms with Crippen LogP contribution in [0.25, 0.3) is 0 Å². The molecule has 0 fully saturated rings. The lowest BCUT2D eigenvalue weighted by atomic mass is 10.3. The van der Waals surface area contributed by atoms with Gasteiger partial charge in [-0.3, -0.25) is 4.90 Å². The van der Waals surface area contributed by atoms with Gasteiger partial charge in [-0.2, -0.15) is 0 Å². The lowest BCUT2D eigenvalue weighted by Crippen LogP contribution is -2.42. The minimum Gasteiger partial charge on any atom is -0.480 e. The topological polar surface area (TPSA) is 77.8 Å². The van der Waals surface area contributed by atoms with Crippen molar-refractivity contribution in [1.29, 1.82) is 0 Å². The largest absolute Gasteiger partial charge is 0.480 e. The van der Waals surface area contributed by atoms with Gasteiger partial charge in [0.2, 0.25) is 0 Å². The Kier molecular flexibility index (Phi) is 3.63. The SMILES string of the molecule is C#CCN(C(=O)O)[C@@H](C)C(=O)O. The van der Waals surface area contributed by atoms with Gasteiger partial charge in [0.25, 0.3) is 0 Å². The Bertz CT molecular complexity index is 230. The highest BCUT2D eigenvalue weighted by Crippen LogP contribution is 1.98. The number of hydrogen-bond donors (Lipinski definition) is 2. The predicted molar refractivity (Wildman–Crippen MR) is 40.7 cm³/mol. The molecule has 12 heavy (non-hydrogen) atoms. The molecule has 0 aromatic rings. The highest BCUT2D eigenvalue weighted by Gasteiger charge is 2.23. The summed E-state index contributed by atoms with van der Waals surface area (Å²) in [5.74, 6) is 0.852. The third-order valence-electron chi connectivity index (χ3n) is 1.33. The molecule has 5 nitrogen and oxygen atoms in total. The van der Waals surface area contributed by atoms with Crippen LogP contribution in [0.3, 0.4) is 0 Å². The molecule has 0 heterocycles. The van der Waals surface area contributed by atoms with Crippen molar-refractivity contribution in [2.45, 2.75) is 13.0 Å². The molecule has 1 amide bonds. The Morgan fingerprint density at radius 3 is 2.33 bits per heavy atom. The average Bonchev–Trinajstić information content (AvgIpc) is 1.98. The quantitative estimate of drug-likeness (QED) is 0.589. The van der Waals surface area contributed by atoms with E-state index in [1.165, 1.54) is 6.92 Å². The van der Waals surface area contributed by atoms with E-state index in [9.17, 15) is 9.59 Å². The van der Waals surface area contributed by atoms with E-state index >= 15 is 0 Å². The Hall–Kier alpha value is -1.70. The number of amides is 1. The normalized spacial score (nSPS) is 11.3. The standard InChI is InChI=1S/C7H9NO4/c1-3-4-8(7(11)12)5(2)6(9)10/h1,5H,4H2,2H3,(H,9,10)(H,11,12)/t5-/m0/s1. The fourth-order valence-corrected chi connectivity index (χ4v) is 0.602. The van der Waals surface area contributed by atoms with Gasteiger partial charge in [0, 0.05) is 0 Å². The predicted octanol–water partition coefficient (Wildman–Crippen LogP) is 0.0727. The summed E-state index contributed by atoms with van der Waals surface area (Å²) in [6, 6.07) is -1.11. The molecular formula is C7H9NO4. The van der Waals surface area contributed by atoms with Crippen molar-refractivity contribution in [2.75, 3.05) is 6.54 Å². The second-order valence-corrected chi connectivity index (χ2v) is 2.13. The van der Waals surface area contributed by atoms with E-state index in [0.717, 1.165) is 0 Å². The molecule has 66 valence electrons. The molecule has 0 saturated heterocycles. The number of carboxylic acid groups (broad SMARTS) is 2. The van der Waals surface area contributed by atoms with Crippen molar-refractivity contribution in [3.8, 4) is 12.3 Å². The number of nitrogens with zero attached hydrogens (tertiary/aromatic N) is 1. The lowest BCUT2D eigenvalue weighted by molar-refractivity contribution is -0.141. The first kappa shape index (κ1) is 10.3. The molecule has 0 spiro atoms. The number of terminal acetylenes is 1. The molecule has 0 saturated carbocycles. The van der Waals surface area contributed by atoms with Gasteiger partial charge in [-0.15, -0.1) is 6.42 Å². The second-order valence-electron chi connectivity index (χ2n) is 2.13. The number of carboxylic acids is 1. The van der Waals surface area contributed by atoms with E-state index in [-0.39, 0.29) is 6.54 Å². The molecule has 0 aliphatic rings. The smallest absolute Gasteiger partial charge is 0.408 e. The van der Waals surface area contributed by atoms with Crippen molar-refractivity contribution in [3.05, 3.63) is 0 Å². The zero-order valence-electron chi connectivity index (χ0n) is 6.52. The molecule has 0 aromatic heterocycles. The molecule has 0 radical (unpaired) electrons. The van der Waals surface area contributed by atoms with Gasteiger partial charge in [0.1, 0.15) is 6.04 Å². The van der Waals surface area contributed by atoms with Crippen LogP contribution in [-0.2, 0) is 4.79 Å². The fourth-order valence-electron chi connectivity index (χ4n) is 0.602. The minimum atomic E-state index is -1.33. The van der Waals surface area contributed by atoms with Crippen LogP contribution < -0.4 is 0 Å². The molecule has 0 rings (SSSR count). The second kappa shape index (κ2) is 4.23. The third-order valence-corrected chi connectivity index (χ3v) is 1.33. The summed E-state index contributed by atoms with van der Waals surface area (Å²) < 4.78 is 0. The maximum Gasteiger partial charge on any atom is 0.408 e. The zero-order chi connectivity index (χ0) is 9.72. The molecule has 0 aliphatic heterocycles. The van der Waals surface area contributed by atoms with Crippen LogP contribution in [0.5, 0.6) is 0 Å². The van der Waals surface area contributed by atoms with Crippen LogP contribution in [0.1, 0.15) is 6.92 Å². The zero-order valence-corrected chi connectivity index (χ0v) is 6.52. The first-order valence-electron chi connectivity index (χ1n) is 3.16. The monoisotopic (exact) mass is 171 g/mol. The van der Waals surface area contributed by atoms with Gasteiger partial charge < -0.3 is 10.2 Å². The van der Waals surface area contributed by atoms with E-state index in [1.54, 1.807) is 0 Å². The summed E-state index contributed by atoms with van der Waals surface area (Å²) in [6.45, 7) is 1.04. The summed E-state index contributed by atoms with van der Waals surface area (Å²) in [6.07, 6.45) is 3.53. The third kappa shape index (κ3) is 2.50. The fraction of sp³-hybridized carbons (Fsp3) is 0.429. The van der Waals surface area contributed by atoms with Crippen LogP contribution in [0, 0.1) is 12.3 Å². The van der Waals surface area contributed by atoms with Crippen LogP contribution in [0.2, 0.25) is 0 Å². The summed E-state index contributed by atoms with van der Waals surface area (Å²) in [4.78, 5) is 21.4. The van der Waals surface area contributed by atoms with E-state index in [4.69, 9.17) is 16.6 Å². The van der Waals surface area contributed by atoms with Crippen molar-refractivity contribution in [2.24, 2.45) is 0 Å². The first-order chi connectivity index (χ1) is 5.50. The Morgan fingerprint density at radius 1 is 1.58 bits per heavy atom. The van der Waals surface area contributed by atoms with Crippen LogP contribution in [0.15, 0.2) is 0 Å². The van der Waals surface area contributed by atoms with Crippen LogP contribution in [-0.4, -0.2) is 39.8 Å². The van der Waals surface area contributed by atoms with Crippen LogP contribution in [0.4, 0.5) is 4.79 Å². The number of carbonyl (C=O) groups is 2. The molecule has 0 bridgehead atoms. The van der Waals surface area contributed by atoms with Gasteiger partial charge >= 0.3 is 12.1 Å². The molecule has 1 atom stereocenters. The molecular weight excluding hydrogens is 162 g/mol. The van der Waals surface area contributed by atoms with Gasteiger partial charge in [-0.25, -0.2) is 9.59 Å². The van der Waals surface area contributed by atoms with Gasteiger partial charge in [0.15, 0.2) is 0 Å². The number of aliphatic carboxylic acids is 1. The van der Waals surface area contributed by atoms with E-state index in [0.29, 0.717) is 4.90 Å². The summed E-state index contributed by atoms with van der Waals surface area (Å²) in [7, 11) is 0. The highest BCUT2D eigenvalue weighted by molar-refractivity contribution is 5.79. The Labute approximate surface area is 69.6 Å². The average molecular weight is 171 g/mol. The summed E-state index contributed by atoms with van der Waals surface area (Å²) >= 11 is 0. The molecule has 2 N–H and O–H groups in total. The van der Waals surface area contributed by atoms with Crippen molar-refractivity contribution in [3.63, 3.8) is 0 Å². The Balaban J connectivity index is 4.42. The van der Waals surface area contributed by atoms with E-state index < -0.39 is 18.1 Å². The molecule has 0 aromatic carbocycles. The van der Waals surface area contributed by atoms with Gasteiger partial charge in [-0.1, -0.05) is 5.92 Å². The van der Waals surface area contributed by atoms with Crippen molar-refractivity contribution < 1.29 is 19.8 Å². The summed E-state index contributed by atoms with van der Waals surface area (Å²) in [5, 5.41) is 16.9. The lowest BCUT2D eigenvalue weighted by Gasteiger charge is -2.20. The molecule has 0 aliphatic carbocycles. The highest BCUT2D eigenvalue weighted by atomic mass is 16.4. The van der Waals surface area contributed by atoms with Crippen molar-refractivity contribution in [1.82, 2.24) is 4.90 Å². The molecule has 5 heteroatoms. The van der Waals surface area contributed by atoms with Crippen molar-refractivity contribution >= 4 is 12.1 Å². The Morgan fingerprint density at radius 2 is 2.08 bits per heavy atom. The van der Waals surface area contributed by atoms with Crippen LogP contribution >= 0.6 is 0 Å². The summed E-state index contributed by atoms with van der Waals surface area (Å²) in [5.41, 5.74) is 0. The van der Waals surface area contributed by atoms with Gasteiger partial charge in [-0.05, 0) is 6.92 Å². The first-order valence-corrected chi connectivity index (χ1v) is 3.16. The van der Waals surface area contributed by atoms with E-state index in [1.807, 2.05) is 0 Å². The number of rotatable bonds is 3. The maximum atomic E-state index is 10.4. The number of hydrogen-bond acceptors (Lipinski definition) is 2. The molecule has 0 unspecified atom stereocenters.